The minimum atomic E-state index is -3.01. The molecular weight excluding hydrogens is 398 g/mol. The molecule has 1 saturated heterocycles. The van der Waals surface area contributed by atoms with Crippen molar-refractivity contribution < 1.29 is 13.5 Å². The van der Waals surface area contributed by atoms with Crippen molar-refractivity contribution in [2.75, 3.05) is 31.7 Å². The molecule has 2 heterocycles. The van der Waals surface area contributed by atoms with Gasteiger partial charge in [0.15, 0.2) is 0 Å². The number of nitrogens with zero attached hydrogens (tertiary/aromatic N) is 3. The van der Waals surface area contributed by atoms with Crippen molar-refractivity contribution in [2.45, 2.75) is 25.9 Å². The number of sulfone groups is 1. The lowest BCUT2D eigenvalue weighted by molar-refractivity contribution is 0.137. The number of hydrogen-bond acceptors (Lipinski definition) is 5. The summed E-state index contributed by atoms with van der Waals surface area (Å²) in [4.78, 5) is 2.52. The van der Waals surface area contributed by atoms with E-state index < -0.39 is 10.2 Å². The van der Waals surface area contributed by atoms with Crippen LogP contribution < -0.4 is 4.74 Å². The van der Waals surface area contributed by atoms with Crippen LogP contribution in [0.25, 0.3) is 10.9 Å². The van der Waals surface area contributed by atoms with E-state index in [9.17, 15) is 8.76 Å². The molecule has 1 unspecified atom stereocenters. The Bertz CT molecular complexity index is 1010. The van der Waals surface area contributed by atoms with E-state index in [0.29, 0.717) is 12.5 Å². The van der Waals surface area contributed by atoms with Gasteiger partial charge in [0, 0.05) is 22.1 Å². The highest BCUT2D eigenvalue weighted by atomic mass is 32.3. The Morgan fingerprint density at radius 3 is 2.67 bits per heavy atom. The maximum absolute atomic E-state index is 11.4. The third-order valence-corrected chi connectivity index (χ3v) is 6.65. The summed E-state index contributed by atoms with van der Waals surface area (Å²) in [6, 6.07) is 16.5. The van der Waals surface area contributed by atoms with Crippen LogP contribution in [-0.4, -0.2) is 50.9 Å². The number of fused-ring (bicyclic) bond motifs is 1. The zero-order valence-corrected chi connectivity index (χ0v) is 18.2. The number of rotatable bonds is 8. The van der Waals surface area contributed by atoms with Crippen LogP contribution >= 0.6 is 0 Å². The first-order valence-electron chi connectivity index (χ1n) is 10.5. The van der Waals surface area contributed by atoms with E-state index in [-0.39, 0.29) is 5.75 Å². The highest BCUT2D eigenvalue weighted by molar-refractivity contribution is 7.96. The summed E-state index contributed by atoms with van der Waals surface area (Å²) in [6.45, 7) is 4.33. The predicted octanol–water partition coefficient (Wildman–Crippen LogP) is 3.59. The summed E-state index contributed by atoms with van der Waals surface area (Å²) in [5.41, 5.74) is 2.30. The van der Waals surface area contributed by atoms with Gasteiger partial charge in [-0.1, -0.05) is 30.3 Å². The van der Waals surface area contributed by atoms with E-state index in [1.807, 2.05) is 18.2 Å². The van der Waals surface area contributed by atoms with Crippen LogP contribution in [0.2, 0.25) is 0 Å². The van der Waals surface area contributed by atoms with Crippen molar-refractivity contribution in [3.63, 3.8) is 0 Å². The Morgan fingerprint density at radius 2 is 1.93 bits per heavy atom. The standard InChI is InChI=1S/C23H29N3O3S/c1-30(27,28)14-13-26-23-8-7-22(15-21(23)16-24-26)29-18-20-9-11-25(12-10-20)17-19-5-3-2-4-6-19/h2-8,15-16,20H,9-14,17-18H2,1H3. The van der Waals surface area contributed by atoms with Crippen molar-refractivity contribution in [2.24, 2.45) is 5.92 Å². The number of ether oxygens (including phenoxy) is 1. The maximum Gasteiger partial charge on any atom is 0.128 e. The number of likely N-dealkylation sites (tertiary alicyclic amines) is 1. The zero-order chi connectivity index (χ0) is 21.0. The number of hydrogen-bond donors (Lipinski definition) is 0. The lowest BCUT2D eigenvalue weighted by atomic mass is 9.97. The predicted molar refractivity (Wildman–Crippen MR) is 119 cm³/mol. The third-order valence-electron chi connectivity index (χ3n) is 5.73. The van der Waals surface area contributed by atoms with E-state index >= 15 is 0 Å². The first-order valence-corrected chi connectivity index (χ1v) is 12.5. The Labute approximate surface area is 179 Å². The first kappa shape index (κ1) is 21.0. The molecule has 1 aromatic heterocycles. The molecule has 1 atom stereocenters. The summed E-state index contributed by atoms with van der Waals surface area (Å²) in [6.07, 6.45) is 5.32. The zero-order valence-electron chi connectivity index (χ0n) is 17.4. The average Bonchev–Trinajstić information content (AvgIpc) is 3.14. The fraction of sp³-hybridized carbons (Fsp3) is 0.435. The molecule has 6 nitrogen and oxygen atoms in total. The molecule has 160 valence electrons. The van der Waals surface area contributed by atoms with E-state index in [1.54, 1.807) is 10.9 Å². The Morgan fingerprint density at radius 1 is 1.17 bits per heavy atom. The summed E-state index contributed by atoms with van der Waals surface area (Å²) >= 11 is 0. The molecule has 1 fully saturated rings. The molecule has 0 radical (unpaired) electrons. The third kappa shape index (κ3) is 5.68. The lowest BCUT2D eigenvalue weighted by Gasteiger charge is -2.31. The minimum Gasteiger partial charge on any atom is -0.615 e. The minimum absolute atomic E-state index is 0.0883. The van der Waals surface area contributed by atoms with Gasteiger partial charge < -0.3 is 9.29 Å². The maximum atomic E-state index is 11.4. The van der Waals surface area contributed by atoms with Crippen LogP contribution in [0.5, 0.6) is 5.75 Å². The number of aromatic nitrogens is 2. The van der Waals surface area contributed by atoms with Crippen LogP contribution in [0, 0.1) is 5.92 Å². The quantitative estimate of drug-likeness (QED) is 0.514. The monoisotopic (exact) mass is 427 g/mol. The van der Waals surface area contributed by atoms with E-state index in [0.717, 1.165) is 55.7 Å². The van der Waals surface area contributed by atoms with Gasteiger partial charge in [0.2, 0.25) is 0 Å². The molecule has 30 heavy (non-hydrogen) atoms. The molecule has 0 N–H and O–H groups in total. The van der Waals surface area contributed by atoms with E-state index in [2.05, 4.69) is 40.3 Å². The molecule has 1 aliphatic rings. The number of piperidine rings is 1. The molecule has 3 aromatic rings. The fourth-order valence-electron chi connectivity index (χ4n) is 3.95. The highest BCUT2D eigenvalue weighted by Gasteiger charge is 2.20. The molecule has 2 aromatic carbocycles. The lowest BCUT2D eigenvalue weighted by Crippen LogP contribution is -2.35. The second-order valence-corrected chi connectivity index (χ2v) is 10.5. The molecule has 0 saturated carbocycles. The van der Waals surface area contributed by atoms with Gasteiger partial charge in [-0.25, -0.2) is 0 Å². The van der Waals surface area contributed by atoms with Crippen molar-refractivity contribution in [1.29, 1.82) is 0 Å². The first-order chi connectivity index (χ1) is 14.5. The smallest absolute Gasteiger partial charge is 0.128 e. The topological polar surface area (TPSA) is 70.4 Å². The molecule has 0 aliphatic carbocycles. The molecule has 4 rings (SSSR count). The Balaban J connectivity index is 1.26. The molecule has 0 amide bonds. The highest BCUT2D eigenvalue weighted by Crippen LogP contribution is 2.24. The van der Waals surface area contributed by atoms with Gasteiger partial charge in [-0.05, 0) is 55.6 Å². The van der Waals surface area contributed by atoms with Crippen molar-refractivity contribution in [3.05, 3.63) is 60.3 Å². The summed E-state index contributed by atoms with van der Waals surface area (Å²) in [5.74, 6) is 1.51. The molecule has 0 spiro atoms. The van der Waals surface area contributed by atoms with Crippen molar-refractivity contribution in [3.8, 4) is 5.75 Å². The fourth-order valence-corrected chi connectivity index (χ4v) is 4.46. The molecular formula is C23H29N3O3S. The van der Waals surface area contributed by atoms with Crippen molar-refractivity contribution in [1.82, 2.24) is 14.7 Å². The largest absolute Gasteiger partial charge is 0.615 e. The van der Waals surface area contributed by atoms with Crippen molar-refractivity contribution >= 4 is 21.1 Å². The van der Waals surface area contributed by atoms with Crippen LogP contribution in [0.1, 0.15) is 18.4 Å². The van der Waals surface area contributed by atoms with Gasteiger partial charge >= 0.3 is 0 Å². The SMILES string of the molecule is C[S+](=O)([O-])CCn1ncc2cc(OCC3CCN(Cc4ccccc4)CC3)ccc21. The number of aryl methyl sites for hydroxylation is 1. The van der Waals surface area contributed by atoms with E-state index in [1.165, 1.54) is 11.8 Å². The van der Waals surface area contributed by atoms with E-state index in [4.69, 9.17) is 4.74 Å². The van der Waals surface area contributed by atoms with Gasteiger partial charge in [0.1, 0.15) is 11.5 Å². The Kier molecular flexibility index (Phi) is 6.51. The second kappa shape index (κ2) is 9.29. The van der Waals surface area contributed by atoms with Crippen LogP contribution in [0.3, 0.4) is 0 Å². The normalized spacial score (nSPS) is 17.8. The Hall–Kier alpha value is -2.22. The molecule has 0 bridgehead atoms. The van der Waals surface area contributed by atoms with Gasteiger partial charge in [-0.3, -0.25) is 9.58 Å². The average molecular weight is 428 g/mol. The molecule has 7 heteroatoms. The number of benzene rings is 2. The van der Waals surface area contributed by atoms with Crippen LogP contribution in [0.15, 0.2) is 54.7 Å². The van der Waals surface area contributed by atoms with Gasteiger partial charge in [0.25, 0.3) is 0 Å². The summed E-state index contributed by atoms with van der Waals surface area (Å²) < 4.78 is 30.6. The van der Waals surface area contributed by atoms with Gasteiger partial charge in [-0.15, -0.1) is 4.21 Å². The summed E-state index contributed by atoms with van der Waals surface area (Å²) in [5, 5.41) is 5.29. The van der Waals surface area contributed by atoms with Crippen LogP contribution in [-0.2, 0) is 27.5 Å². The van der Waals surface area contributed by atoms with Gasteiger partial charge in [-0.2, -0.15) is 5.10 Å². The van der Waals surface area contributed by atoms with Crippen LogP contribution in [0.4, 0.5) is 0 Å². The summed E-state index contributed by atoms with van der Waals surface area (Å²) in [7, 11) is -3.01. The second-order valence-electron chi connectivity index (χ2n) is 8.23. The van der Waals surface area contributed by atoms with Gasteiger partial charge in [0.05, 0.1) is 31.1 Å². The molecule has 1 aliphatic heterocycles.